The van der Waals surface area contributed by atoms with Crippen LogP contribution >= 0.6 is 0 Å². The molecule has 11 nitrogen and oxygen atoms in total. The molecule has 36 heavy (non-hydrogen) atoms. The minimum Gasteiger partial charge on any atom is -0.497 e. The number of hydrogen-bond acceptors (Lipinski definition) is 6. The lowest BCUT2D eigenvalue weighted by Crippen LogP contribution is -2.39. The number of anilines is 2. The van der Waals surface area contributed by atoms with Crippen molar-refractivity contribution >= 4 is 29.3 Å². The Morgan fingerprint density at radius 1 is 1.17 bits per heavy atom. The molecular weight excluding hydrogens is 473 g/mol. The van der Waals surface area contributed by atoms with E-state index in [-0.39, 0.29) is 48.9 Å². The fraction of sp³-hybridized carbons (Fsp3) is 0.250. The third kappa shape index (κ3) is 4.45. The fourth-order valence-electron chi connectivity index (χ4n) is 4.10. The van der Waals surface area contributed by atoms with E-state index < -0.39 is 23.7 Å². The van der Waals surface area contributed by atoms with Crippen LogP contribution in [0.5, 0.6) is 5.75 Å². The van der Waals surface area contributed by atoms with Crippen molar-refractivity contribution in [2.75, 3.05) is 43.7 Å². The second-order valence-electron chi connectivity index (χ2n) is 7.92. The lowest BCUT2D eigenvalue weighted by molar-refractivity contribution is 0.0972. The Kier molecular flexibility index (Phi) is 6.88. The van der Waals surface area contributed by atoms with Crippen LogP contribution in [0, 0.1) is 5.82 Å². The van der Waals surface area contributed by atoms with Crippen molar-refractivity contribution in [2.24, 2.45) is 5.73 Å². The van der Waals surface area contributed by atoms with Gasteiger partial charge in [-0.15, -0.1) is 0 Å². The van der Waals surface area contributed by atoms with Crippen molar-refractivity contribution in [3.8, 4) is 11.4 Å². The van der Waals surface area contributed by atoms with Gasteiger partial charge in [-0.25, -0.2) is 13.9 Å². The molecule has 0 spiro atoms. The Labute approximate surface area is 205 Å². The van der Waals surface area contributed by atoms with Gasteiger partial charge in [-0.2, -0.15) is 5.10 Å². The van der Waals surface area contributed by atoms with Gasteiger partial charge in [0.05, 0.1) is 31.6 Å². The first-order valence-corrected chi connectivity index (χ1v) is 10.9. The van der Waals surface area contributed by atoms with Gasteiger partial charge in [0.15, 0.2) is 5.69 Å². The number of benzene rings is 2. The Balaban J connectivity index is 1.72. The number of aromatic nitrogens is 2. The average Bonchev–Trinajstić information content (AvgIpc) is 3.26. The maximum absolute atomic E-state index is 15.0. The van der Waals surface area contributed by atoms with Crippen LogP contribution in [0.2, 0.25) is 0 Å². The van der Waals surface area contributed by atoms with Crippen molar-refractivity contribution in [3.05, 3.63) is 65.2 Å². The fourth-order valence-corrected chi connectivity index (χ4v) is 4.10. The third-order valence-electron chi connectivity index (χ3n) is 5.85. The average molecular weight is 497 g/mol. The summed E-state index contributed by atoms with van der Waals surface area (Å²) in [6.07, 6.45) is -1.08. The molecule has 1 aromatic heterocycles. The number of carbonyl (C=O) groups is 3. The quantitative estimate of drug-likeness (QED) is 0.487. The number of nitrogens with two attached hydrogens (primary N) is 1. The highest BCUT2D eigenvalue weighted by molar-refractivity contribution is 6.09. The largest absolute Gasteiger partial charge is 0.497 e. The van der Waals surface area contributed by atoms with E-state index in [4.69, 9.17) is 15.2 Å². The van der Waals surface area contributed by atoms with E-state index in [2.05, 4.69) is 5.10 Å². The molecule has 4 rings (SSSR count). The Bertz CT molecular complexity index is 1320. The number of hydrogen-bond donors (Lipinski definition) is 2. The van der Waals surface area contributed by atoms with E-state index in [0.29, 0.717) is 17.0 Å². The predicted molar refractivity (Wildman–Crippen MR) is 128 cm³/mol. The van der Waals surface area contributed by atoms with Crippen LogP contribution in [0.25, 0.3) is 5.69 Å². The number of rotatable bonds is 8. The van der Waals surface area contributed by atoms with Crippen molar-refractivity contribution < 1.29 is 33.4 Å². The van der Waals surface area contributed by atoms with Crippen LogP contribution in [0.4, 0.5) is 20.6 Å². The van der Waals surface area contributed by atoms with Crippen LogP contribution in [0.1, 0.15) is 26.5 Å². The van der Waals surface area contributed by atoms with Crippen LogP contribution in [0.15, 0.2) is 42.5 Å². The Hall–Kier alpha value is -4.45. The van der Waals surface area contributed by atoms with Crippen LogP contribution in [-0.4, -0.2) is 66.7 Å². The summed E-state index contributed by atoms with van der Waals surface area (Å²) in [4.78, 5) is 39.4. The summed E-state index contributed by atoms with van der Waals surface area (Å²) in [5, 5.41) is 13.7. The molecular formula is C24H24FN5O6. The summed E-state index contributed by atoms with van der Waals surface area (Å²) in [6.45, 7) is 0.162. The van der Waals surface area contributed by atoms with E-state index in [1.165, 1.54) is 35.9 Å². The van der Waals surface area contributed by atoms with Gasteiger partial charge in [0.25, 0.3) is 11.8 Å². The SMILES string of the molecule is COCCN(C(=O)O)c1ccc(N2CCc3c(C(N)=O)nn(-c4ccc(OC)cc4)c3C2=O)cc1F. The summed E-state index contributed by atoms with van der Waals surface area (Å²) >= 11 is 0. The van der Waals surface area contributed by atoms with Gasteiger partial charge >= 0.3 is 6.09 Å². The van der Waals surface area contributed by atoms with Gasteiger partial charge in [0.2, 0.25) is 0 Å². The van der Waals surface area contributed by atoms with Crippen molar-refractivity contribution in [3.63, 3.8) is 0 Å². The maximum Gasteiger partial charge on any atom is 0.411 e. The predicted octanol–water partition coefficient (Wildman–Crippen LogP) is 2.45. The molecule has 12 heteroatoms. The van der Waals surface area contributed by atoms with Gasteiger partial charge in [-0.1, -0.05) is 0 Å². The van der Waals surface area contributed by atoms with Crippen LogP contribution in [-0.2, 0) is 11.2 Å². The highest BCUT2D eigenvalue weighted by Gasteiger charge is 2.35. The van der Waals surface area contributed by atoms with Gasteiger partial charge in [0.1, 0.15) is 17.3 Å². The normalized spacial score (nSPS) is 12.9. The third-order valence-corrected chi connectivity index (χ3v) is 5.85. The monoisotopic (exact) mass is 497 g/mol. The molecule has 3 aromatic rings. The van der Waals surface area contributed by atoms with Gasteiger partial charge in [-0.3, -0.25) is 14.5 Å². The molecule has 0 atom stereocenters. The molecule has 0 unspecified atom stereocenters. The second-order valence-corrected chi connectivity index (χ2v) is 7.92. The van der Waals surface area contributed by atoms with E-state index >= 15 is 4.39 Å². The number of amides is 3. The zero-order chi connectivity index (χ0) is 26.0. The molecule has 3 N–H and O–H groups in total. The number of halogens is 1. The molecule has 0 saturated heterocycles. The molecule has 188 valence electrons. The zero-order valence-electron chi connectivity index (χ0n) is 19.6. The molecule has 2 heterocycles. The summed E-state index contributed by atoms with van der Waals surface area (Å²) in [6, 6.07) is 10.6. The number of carbonyl (C=O) groups excluding carboxylic acids is 2. The first-order valence-electron chi connectivity index (χ1n) is 10.9. The molecule has 0 fully saturated rings. The summed E-state index contributed by atoms with van der Waals surface area (Å²) < 4.78 is 26.4. The summed E-state index contributed by atoms with van der Waals surface area (Å²) in [5.74, 6) is -1.49. The highest BCUT2D eigenvalue weighted by atomic mass is 19.1. The smallest absolute Gasteiger partial charge is 0.411 e. The number of nitrogens with zero attached hydrogens (tertiary/aromatic N) is 4. The molecule has 0 aliphatic carbocycles. The number of methoxy groups -OCH3 is 2. The van der Waals surface area contributed by atoms with Gasteiger partial charge in [-0.05, 0) is 48.9 Å². The molecule has 2 aromatic carbocycles. The molecule has 1 aliphatic rings. The van der Waals surface area contributed by atoms with E-state index in [1.54, 1.807) is 24.3 Å². The molecule has 1 aliphatic heterocycles. The topological polar surface area (TPSA) is 140 Å². The number of ether oxygens (including phenoxy) is 2. The van der Waals surface area contributed by atoms with Crippen molar-refractivity contribution in [2.45, 2.75) is 6.42 Å². The zero-order valence-corrected chi connectivity index (χ0v) is 19.6. The second kappa shape index (κ2) is 10.0. The van der Waals surface area contributed by atoms with Crippen LogP contribution in [0.3, 0.4) is 0 Å². The minimum atomic E-state index is -1.33. The van der Waals surface area contributed by atoms with Crippen LogP contribution < -0.4 is 20.3 Å². The van der Waals surface area contributed by atoms with Gasteiger partial charge in [0, 0.05) is 24.9 Å². The molecule has 0 saturated carbocycles. The Morgan fingerprint density at radius 3 is 2.44 bits per heavy atom. The molecule has 0 bridgehead atoms. The molecule has 0 radical (unpaired) electrons. The highest BCUT2D eigenvalue weighted by Crippen LogP contribution is 2.31. The first kappa shape index (κ1) is 24.7. The van der Waals surface area contributed by atoms with Crippen molar-refractivity contribution in [1.29, 1.82) is 0 Å². The number of primary amides is 1. The summed E-state index contributed by atoms with van der Waals surface area (Å²) in [5.41, 5.74) is 6.63. The number of fused-ring (bicyclic) bond motifs is 1. The lowest BCUT2D eigenvalue weighted by atomic mass is 10.0. The van der Waals surface area contributed by atoms with E-state index in [9.17, 15) is 19.5 Å². The maximum atomic E-state index is 15.0. The van der Waals surface area contributed by atoms with E-state index in [0.717, 1.165) is 11.0 Å². The van der Waals surface area contributed by atoms with E-state index in [1.807, 2.05) is 0 Å². The molecule has 3 amide bonds. The van der Waals surface area contributed by atoms with Crippen molar-refractivity contribution in [1.82, 2.24) is 9.78 Å². The number of carboxylic acid groups (broad SMARTS) is 1. The first-order chi connectivity index (χ1) is 17.3. The van der Waals surface area contributed by atoms with Gasteiger partial charge < -0.3 is 25.2 Å². The Morgan fingerprint density at radius 2 is 1.86 bits per heavy atom. The summed E-state index contributed by atoms with van der Waals surface area (Å²) in [7, 11) is 2.94. The minimum absolute atomic E-state index is 0.00871. The standard InChI is InChI=1S/C24H24FN5O6/c1-35-12-11-29(24(33)34)19-8-5-15(13-18(19)25)28-10-9-17-20(22(26)31)27-30(21(17)23(28)32)14-3-6-16(36-2)7-4-14/h3-8,13H,9-12H2,1-2H3,(H2,26,31)(H,33,34). The lowest BCUT2D eigenvalue weighted by Gasteiger charge is -2.28.